The minimum Gasteiger partial charge on any atom is -0.497 e. The lowest BCUT2D eigenvalue weighted by Crippen LogP contribution is -2.41. The summed E-state index contributed by atoms with van der Waals surface area (Å²) in [6.07, 6.45) is 1.67. The lowest BCUT2D eigenvalue weighted by molar-refractivity contribution is -0.118. The number of rotatable bonds is 8. The van der Waals surface area contributed by atoms with Gasteiger partial charge in [-0.25, -0.2) is 13.4 Å². The molecule has 2 heterocycles. The van der Waals surface area contributed by atoms with Crippen LogP contribution in [0.5, 0.6) is 17.2 Å². The second kappa shape index (κ2) is 10.3. The van der Waals surface area contributed by atoms with E-state index in [4.69, 9.17) is 14.2 Å². The van der Waals surface area contributed by atoms with Gasteiger partial charge in [0.15, 0.2) is 16.6 Å². The van der Waals surface area contributed by atoms with Gasteiger partial charge in [0.2, 0.25) is 5.91 Å². The number of nitrogens with one attached hydrogen (secondary N) is 1. The number of carbonyl (C=O) groups is 1. The number of sulfonamides is 1. The molecule has 1 aliphatic rings. The van der Waals surface area contributed by atoms with Crippen LogP contribution in [0, 0.1) is 0 Å². The Hall–Kier alpha value is -4.09. The number of amides is 1. The number of methoxy groups -OCH3 is 3. The lowest BCUT2D eigenvalue weighted by Gasteiger charge is -2.38. The Balaban J connectivity index is 1.58. The van der Waals surface area contributed by atoms with E-state index in [0.717, 1.165) is 16.7 Å². The van der Waals surface area contributed by atoms with Gasteiger partial charge in [-0.3, -0.25) is 9.52 Å². The Morgan fingerprint density at radius 3 is 2.24 bits per heavy atom. The third-order valence-electron chi connectivity index (χ3n) is 6.32. The lowest BCUT2D eigenvalue weighted by atomic mass is 9.86. The number of hydrogen-bond acceptors (Lipinski definition) is 8. The standard InChI is InChI=1S/C27H25N3O6S2/c1-34-20-8-4-17(5-9-20)26-22-16-24(36-3)23(35-2)14-18(22)15-25(31)30(26)19-6-10-21(11-7-19)38(32,33)29-27-28-12-13-37-27/h4-14,16,26H,15H2,1-3H3,(H,28,29)/t26-/m0/s1. The highest BCUT2D eigenvalue weighted by Crippen LogP contribution is 2.43. The van der Waals surface area contributed by atoms with E-state index in [1.54, 1.807) is 43.7 Å². The first kappa shape index (κ1) is 25.6. The minimum absolute atomic E-state index is 0.0636. The second-order valence-electron chi connectivity index (χ2n) is 8.46. The molecule has 0 unspecified atom stereocenters. The van der Waals surface area contributed by atoms with Gasteiger partial charge in [-0.05, 0) is 65.2 Å². The van der Waals surface area contributed by atoms with E-state index in [1.807, 2.05) is 36.4 Å². The molecule has 11 heteroatoms. The minimum atomic E-state index is -3.83. The molecule has 1 N–H and O–H groups in total. The Labute approximate surface area is 224 Å². The summed E-state index contributed by atoms with van der Waals surface area (Å²) in [5.74, 6) is 1.65. The maximum Gasteiger partial charge on any atom is 0.263 e. The van der Waals surface area contributed by atoms with Crippen LogP contribution in [-0.2, 0) is 21.2 Å². The molecular formula is C27H25N3O6S2. The molecule has 0 radical (unpaired) electrons. The molecule has 1 aromatic heterocycles. The van der Waals surface area contributed by atoms with Crippen molar-refractivity contribution >= 4 is 38.1 Å². The number of hydrogen-bond donors (Lipinski definition) is 1. The Morgan fingerprint density at radius 2 is 1.63 bits per heavy atom. The molecular weight excluding hydrogens is 526 g/mol. The van der Waals surface area contributed by atoms with Crippen LogP contribution in [0.3, 0.4) is 0 Å². The molecule has 1 atom stereocenters. The molecule has 9 nitrogen and oxygen atoms in total. The van der Waals surface area contributed by atoms with E-state index < -0.39 is 16.1 Å². The highest BCUT2D eigenvalue weighted by Gasteiger charge is 2.36. The molecule has 5 rings (SSSR count). The van der Waals surface area contributed by atoms with Crippen LogP contribution in [0.4, 0.5) is 10.8 Å². The highest BCUT2D eigenvalue weighted by atomic mass is 32.2. The van der Waals surface area contributed by atoms with Gasteiger partial charge in [-0.1, -0.05) is 12.1 Å². The average molecular weight is 552 g/mol. The summed E-state index contributed by atoms with van der Waals surface area (Å²) in [5, 5.41) is 1.96. The van der Waals surface area contributed by atoms with Crippen molar-refractivity contribution in [2.45, 2.75) is 17.4 Å². The first-order valence-electron chi connectivity index (χ1n) is 11.6. The summed E-state index contributed by atoms with van der Waals surface area (Å²) in [7, 11) is 0.885. The van der Waals surface area contributed by atoms with Crippen LogP contribution in [-0.4, -0.2) is 40.6 Å². The first-order chi connectivity index (χ1) is 18.3. The fourth-order valence-electron chi connectivity index (χ4n) is 4.52. The van der Waals surface area contributed by atoms with Crippen molar-refractivity contribution in [3.63, 3.8) is 0 Å². The number of carbonyl (C=O) groups excluding carboxylic acids is 1. The summed E-state index contributed by atoms with van der Waals surface area (Å²) in [4.78, 5) is 19.3. The van der Waals surface area contributed by atoms with E-state index in [9.17, 15) is 13.2 Å². The molecule has 0 aliphatic carbocycles. The van der Waals surface area contributed by atoms with Gasteiger partial charge in [0.1, 0.15) is 5.75 Å². The second-order valence-corrected chi connectivity index (χ2v) is 11.0. The number of fused-ring (bicyclic) bond motifs is 1. The van der Waals surface area contributed by atoms with Gasteiger partial charge in [0.05, 0.1) is 38.7 Å². The van der Waals surface area contributed by atoms with Crippen molar-refractivity contribution in [3.05, 3.63) is 88.9 Å². The third kappa shape index (κ3) is 4.77. The van der Waals surface area contributed by atoms with Crippen LogP contribution in [0.15, 0.2) is 77.1 Å². The quantitative estimate of drug-likeness (QED) is 0.340. The molecule has 196 valence electrons. The zero-order valence-corrected chi connectivity index (χ0v) is 22.5. The van der Waals surface area contributed by atoms with Crippen LogP contribution in [0.2, 0.25) is 0 Å². The summed E-state index contributed by atoms with van der Waals surface area (Å²) < 4.78 is 44.5. The van der Waals surface area contributed by atoms with E-state index in [2.05, 4.69) is 9.71 Å². The third-order valence-corrected chi connectivity index (χ3v) is 8.49. The maximum atomic E-state index is 13.6. The van der Waals surface area contributed by atoms with Gasteiger partial charge in [-0.15, -0.1) is 11.3 Å². The van der Waals surface area contributed by atoms with Crippen LogP contribution >= 0.6 is 11.3 Å². The topological polar surface area (TPSA) is 107 Å². The van der Waals surface area contributed by atoms with E-state index >= 15 is 0 Å². The monoisotopic (exact) mass is 551 g/mol. The SMILES string of the molecule is COc1ccc([C@H]2c3cc(OC)c(OC)cc3CC(=O)N2c2ccc(S(=O)(=O)Nc3nccs3)cc2)cc1. The fraction of sp³-hybridized carbons (Fsp3) is 0.185. The van der Waals surface area contributed by atoms with Crippen molar-refractivity contribution in [2.75, 3.05) is 31.0 Å². The van der Waals surface area contributed by atoms with Crippen molar-refractivity contribution in [1.29, 1.82) is 0 Å². The molecule has 3 aromatic carbocycles. The number of thiazole rings is 1. The molecule has 1 amide bonds. The van der Waals surface area contributed by atoms with Gasteiger partial charge in [-0.2, -0.15) is 0 Å². The number of nitrogens with zero attached hydrogens (tertiary/aromatic N) is 2. The zero-order valence-electron chi connectivity index (χ0n) is 20.9. The van der Waals surface area contributed by atoms with Gasteiger partial charge >= 0.3 is 0 Å². The molecule has 0 fully saturated rings. The van der Waals surface area contributed by atoms with Crippen LogP contribution < -0.4 is 23.8 Å². The van der Waals surface area contributed by atoms with Crippen molar-refractivity contribution < 1.29 is 27.4 Å². The number of ether oxygens (including phenoxy) is 3. The molecule has 0 spiro atoms. The highest BCUT2D eigenvalue weighted by molar-refractivity contribution is 7.93. The Morgan fingerprint density at radius 1 is 0.947 bits per heavy atom. The van der Waals surface area contributed by atoms with Crippen LogP contribution in [0.25, 0.3) is 0 Å². The largest absolute Gasteiger partial charge is 0.497 e. The Bertz CT molecular complexity index is 1550. The van der Waals surface area contributed by atoms with Crippen molar-refractivity contribution in [1.82, 2.24) is 4.98 Å². The number of anilines is 2. The fourth-order valence-corrected chi connectivity index (χ4v) is 6.31. The molecule has 0 bridgehead atoms. The number of benzene rings is 3. The van der Waals surface area contributed by atoms with Crippen LogP contribution in [0.1, 0.15) is 22.7 Å². The molecule has 0 saturated heterocycles. The summed E-state index contributed by atoms with van der Waals surface area (Å²) in [6, 6.07) is 17.0. The molecule has 1 aliphatic heterocycles. The zero-order chi connectivity index (χ0) is 26.9. The summed E-state index contributed by atoms with van der Waals surface area (Å²) in [5.41, 5.74) is 3.13. The predicted octanol–water partition coefficient (Wildman–Crippen LogP) is 4.65. The first-order valence-corrected chi connectivity index (χ1v) is 13.9. The normalized spacial score (nSPS) is 15.1. The molecule has 0 saturated carbocycles. The summed E-state index contributed by atoms with van der Waals surface area (Å²) >= 11 is 1.19. The van der Waals surface area contributed by atoms with E-state index in [1.165, 1.54) is 29.7 Å². The van der Waals surface area contributed by atoms with Crippen molar-refractivity contribution in [3.8, 4) is 17.2 Å². The number of aromatic nitrogens is 1. The van der Waals surface area contributed by atoms with Crippen molar-refractivity contribution in [2.24, 2.45) is 0 Å². The Kier molecular flexibility index (Phi) is 6.96. The molecule has 4 aromatic rings. The van der Waals surface area contributed by atoms with E-state index in [0.29, 0.717) is 22.9 Å². The predicted molar refractivity (Wildman–Crippen MR) is 145 cm³/mol. The summed E-state index contributed by atoms with van der Waals surface area (Å²) in [6.45, 7) is 0. The van der Waals surface area contributed by atoms with Gasteiger partial charge < -0.3 is 19.1 Å². The maximum absolute atomic E-state index is 13.6. The smallest absolute Gasteiger partial charge is 0.263 e. The van der Waals surface area contributed by atoms with E-state index in [-0.39, 0.29) is 22.4 Å². The van der Waals surface area contributed by atoms with Gasteiger partial charge in [0, 0.05) is 17.3 Å². The average Bonchev–Trinajstić information content (AvgIpc) is 3.44. The molecule has 38 heavy (non-hydrogen) atoms. The van der Waals surface area contributed by atoms with Gasteiger partial charge in [0.25, 0.3) is 10.0 Å².